The minimum Gasteiger partial charge on any atom is -0.382 e. The molecule has 1 saturated heterocycles. The van der Waals surface area contributed by atoms with Gasteiger partial charge in [-0.25, -0.2) is 4.39 Å². The van der Waals surface area contributed by atoms with Crippen molar-refractivity contribution in [2.75, 3.05) is 18.4 Å². The Hall–Kier alpha value is -1.39. The van der Waals surface area contributed by atoms with Crippen molar-refractivity contribution < 1.29 is 4.39 Å². The summed E-state index contributed by atoms with van der Waals surface area (Å²) >= 11 is 0. The minimum absolute atomic E-state index is 0. The molecule has 2 heterocycles. The average molecular weight is 308 g/mol. The maximum absolute atomic E-state index is 13.5. The first-order chi connectivity index (χ1) is 9.74. The van der Waals surface area contributed by atoms with E-state index in [0.29, 0.717) is 11.5 Å². The number of benzene rings is 1. The fourth-order valence-corrected chi connectivity index (χ4v) is 3.59. The molecule has 4 rings (SSSR count). The number of fused-ring (bicyclic) bond motifs is 1. The van der Waals surface area contributed by atoms with E-state index in [9.17, 15) is 4.39 Å². The Morgan fingerprint density at radius 3 is 2.86 bits per heavy atom. The summed E-state index contributed by atoms with van der Waals surface area (Å²) in [6.07, 6.45) is 5.48. The molecule has 0 radical (unpaired) electrons. The van der Waals surface area contributed by atoms with E-state index >= 15 is 0 Å². The first-order valence-corrected chi connectivity index (χ1v) is 7.26. The first kappa shape index (κ1) is 14.5. The summed E-state index contributed by atoms with van der Waals surface area (Å²) in [7, 11) is 0. The fraction of sp³-hybridized carbons (Fsp3) is 0.438. The van der Waals surface area contributed by atoms with Crippen LogP contribution in [0.4, 0.5) is 10.1 Å². The average Bonchev–Trinajstić information content (AvgIpc) is 2.84. The second kappa shape index (κ2) is 5.43. The monoisotopic (exact) mass is 307 g/mol. The molecule has 1 aliphatic carbocycles. The zero-order valence-corrected chi connectivity index (χ0v) is 12.5. The molecule has 1 aliphatic heterocycles. The Kier molecular flexibility index (Phi) is 3.76. The number of aromatic nitrogens is 1. The van der Waals surface area contributed by atoms with E-state index in [1.807, 2.05) is 6.07 Å². The van der Waals surface area contributed by atoms with Gasteiger partial charge in [0.1, 0.15) is 5.82 Å². The van der Waals surface area contributed by atoms with Gasteiger partial charge in [-0.2, -0.15) is 0 Å². The van der Waals surface area contributed by atoms with Gasteiger partial charge in [-0.3, -0.25) is 4.98 Å². The Morgan fingerprint density at radius 1 is 1.29 bits per heavy atom. The molecule has 1 saturated carbocycles. The molecule has 21 heavy (non-hydrogen) atoms. The summed E-state index contributed by atoms with van der Waals surface area (Å²) in [5, 5.41) is 7.85. The van der Waals surface area contributed by atoms with Gasteiger partial charge in [0, 0.05) is 36.4 Å². The van der Waals surface area contributed by atoms with Crippen molar-refractivity contribution in [1.29, 1.82) is 0 Å². The molecule has 3 nitrogen and oxygen atoms in total. The van der Waals surface area contributed by atoms with Gasteiger partial charge >= 0.3 is 0 Å². The molecular formula is C16H19ClFN3. The van der Waals surface area contributed by atoms with Crippen LogP contribution in [0.2, 0.25) is 0 Å². The molecule has 0 bridgehead atoms. The summed E-state index contributed by atoms with van der Waals surface area (Å²) in [5.41, 5.74) is 2.37. The highest BCUT2D eigenvalue weighted by Gasteiger charge is 2.43. The van der Waals surface area contributed by atoms with Gasteiger partial charge in [-0.15, -0.1) is 12.4 Å². The minimum atomic E-state index is -0.209. The van der Waals surface area contributed by atoms with Gasteiger partial charge in [-0.1, -0.05) is 0 Å². The maximum atomic E-state index is 13.5. The Labute approximate surface area is 129 Å². The standard InChI is InChI=1S/C16H18FN3.ClH/c17-11-1-2-14-13(7-11)15(4-6-19-14)20-12-3-5-16(8-12)9-18-10-16;/h1-2,4,6-7,12,18H,3,5,8-10H2,(H,19,20);1H. The van der Waals surface area contributed by atoms with Gasteiger partial charge in [-0.05, 0) is 48.9 Å². The SMILES string of the molecule is Cl.Fc1ccc2nccc(NC3CCC4(CNC4)C3)c2c1. The van der Waals surface area contributed by atoms with Crippen molar-refractivity contribution >= 4 is 29.0 Å². The predicted octanol–water partition coefficient (Wildman–Crippen LogP) is 3.35. The van der Waals surface area contributed by atoms with E-state index in [4.69, 9.17) is 0 Å². The highest BCUT2D eigenvalue weighted by Crippen LogP contribution is 2.42. The fourth-order valence-electron chi connectivity index (χ4n) is 3.59. The largest absolute Gasteiger partial charge is 0.382 e. The molecule has 5 heteroatoms. The van der Waals surface area contributed by atoms with E-state index in [-0.39, 0.29) is 18.2 Å². The third kappa shape index (κ3) is 2.58. The van der Waals surface area contributed by atoms with Crippen LogP contribution in [-0.2, 0) is 0 Å². The van der Waals surface area contributed by atoms with E-state index in [2.05, 4.69) is 15.6 Å². The number of rotatable bonds is 2. The topological polar surface area (TPSA) is 37.0 Å². The number of nitrogens with zero attached hydrogens (tertiary/aromatic N) is 1. The van der Waals surface area contributed by atoms with Crippen molar-refractivity contribution in [1.82, 2.24) is 10.3 Å². The van der Waals surface area contributed by atoms with E-state index < -0.39 is 0 Å². The molecule has 2 fully saturated rings. The molecule has 1 aromatic carbocycles. The quantitative estimate of drug-likeness (QED) is 0.893. The molecule has 1 aromatic heterocycles. The first-order valence-electron chi connectivity index (χ1n) is 7.26. The smallest absolute Gasteiger partial charge is 0.124 e. The van der Waals surface area contributed by atoms with Crippen LogP contribution in [-0.4, -0.2) is 24.1 Å². The van der Waals surface area contributed by atoms with E-state index in [1.54, 1.807) is 18.3 Å². The van der Waals surface area contributed by atoms with Crippen LogP contribution in [0.3, 0.4) is 0 Å². The van der Waals surface area contributed by atoms with Crippen LogP contribution in [0.5, 0.6) is 0 Å². The third-order valence-electron chi connectivity index (χ3n) is 4.77. The lowest BCUT2D eigenvalue weighted by Crippen LogP contribution is -2.52. The molecule has 2 aliphatic rings. The molecular weight excluding hydrogens is 289 g/mol. The zero-order chi connectivity index (χ0) is 13.6. The number of anilines is 1. The molecule has 1 unspecified atom stereocenters. The van der Waals surface area contributed by atoms with Crippen LogP contribution >= 0.6 is 12.4 Å². The number of hydrogen-bond acceptors (Lipinski definition) is 3. The van der Waals surface area contributed by atoms with Crippen molar-refractivity contribution in [3.63, 3.8) is 0 Å². The van der Waals surface area contributed by atoms with Crippen LogP contribution in [0, 0.1) is 11.2 Å². The second-order valence-corrected chi connectivity index (χ2v) is 6.21. The summed E-state index contributed by atoms with van der Waals surface area (Å²) in [4.78, 5) is 4.30. The maximum Gasteiger partial charge on any atom is 0.124 e. The number of pyridine rings is 1. The Balaban J connectivity index is 0.00000132. The van der Waals surface area contributed by atoms with Crippen molar-refractivity contribution in [3.8, 4) is 0 Å². The molecule has 2 N–H and O–H groups in total. The summed E-state index contributed by atoms with van der Waals surface area (Å²) in [5.74, 6) is -0.209. The van der Waals surface area contributed by atoms with Gasteiger partial charge in [0.15, 0.2) is 0 Å². The predicted molar refractivity (Wildman–Crippen MR) is 85.5 cm³/mol. The summed E-state index contributed by atoms with van der Waals surface area (Å²) < 4.78 is 13.5. The van der Waals surface area contributed by atoms with Crippen LogP contribution in [0.25, 0.3) is 10.9 Å². The third-order valence-corrected chi connectivity index (χ3v) is 4.77. The lowest BCUT2D eigenvalue weighted by atomic mass is 9.80. The molecule has 2 aromatic rings. The van der Waals surface area contributed by atoms with Crippen molar-refractivity contribution in [3.05, 3.63) is 36.3 Å². The second-order valence-electron chi connectivity index (χ2n) is 6.21. The molecule has 1 atom stereocenters. The van der Waals surface area contributed by atoms with Crippen LogP contribution < -0.4 is 10.6 Å². The molecule has 1 spiro atoms. The zero-order valence-electron chi connectivity index (χ0n) is 11.7. The van der Waals surface area contributed by atoms with Crippen molar-refractivity contribution in [2.24, 2.45) is 5.41 Å². The normalized spacial score (nSPS) is 22.8. The highest BCUT2D eigenvalue weighted by molar-refractivity contribution is 5.91. The Bertz CT molecular complexity index is 657. The van der Waals surface area contributed by atoms with E-state index in [0.717, 1.165) is 29.7 Å². The van der Waals surface area contributed by atoms with Gasteiger partial charge in [0.2, 0.25) is 0 Å². The van der Waals surface area contributed by atoms with Crippen molar-refractivity contribution in [2.45, 2.75) is 25.3 Å². The lowest BCUT2D eigenvalue weighted by molar-refractivity contribution is 0.176. The lowest BCUT2D eigenvalue weighted by Gasteiger charge is -2.39. The Morgan fingerprint density at radius 2 is 2.14 bits per heavy atom. The number of nitrogens with one attached hydrogen (secondary N) is 2. The van der Waals surface area contributed by atoms with Gasteiger partial charge < -0.3 is 10.6 Å². The van der Waals surface area contributed by atoms with Crippen LogP contribution in [0.15, 0.2) is 30.5 Å². The summed E-state index contributed by atoms with van der Waals surface area (Å²) in [6.45, 7) is 2.30. The number of halogens is 2. The molecule has 112 valence electrons. The molecule has 0 amide bonds. The van der Waals surface area contributed by atoms with E-state index in [1.165, 1.54) is 25.3 Å². The van der Waals surface area contributed by atoms with Gasteiger partial charge in [0.25, 0.3) is 0 Å². The highest BCUT2D eigenvalue weighted by atomic mass is 35.5. The van der Waals surface area contributed by atoms with Crippen LogP contribution in [0.1, 0.15) is 19.3 Å². The van der Waals surface area contributed by atoms with Gasteiger partial charge in [0.05, 0.1) is 5.52 Å². The number of hydrogen-bond donors (Lipinski definition) is 2. The summed E-state index contributed by atoms with van der Waals surface area (Å²) in [6, 6.07) is 7.21.